The summed E-state index contributed by atoms with van der Waals surface area (Å²) in [5.41, 5.74) is 12.7. The molecule has 0 bridgehead atoms. The van der Waals surface area contributed by atoms with Crippen LogP contribution in [0.25, 0.3) is 11.1 Å². The Hall–Kier alpha value is -3.04. The summed E-state index contributed by atoms with van der Waals surface area (Å²) in [5, 5.41) is 9.74. The fraction of sp³-hybridized carbons (Fsp3) is 0.200. The molecule has 0 aliphatic carbocycles. The first-order valence-corrected chi connectivity index (χ1v) is 9.66. The molecule has 3 heteroatoms. The first-order chi connectivity index (χ1) is 13.6. The van der Waals surface area contributed by atoms with Gasteiger partial charge in [0.1, 0.15) is 18.1 Å². The van der Waals surface area contributed by atoms with Gasteiger partial charge in [0.15, 0.2) is 0 Å². The van der Waals surface area contributed by atoms with Crippen LogP contribution in [0.3, 0.4) is 0 Å². The minimum absolute atomic E-state index is 0.266. The number of hydrogen-bond acceptors (Lipinski definition) is 3. The molecule has 144 valence electrons. The third-order valence-electron chi connectivity index (χ3n) is 4.81. The maximum Gasteiger partial charge on any atom is 0.119 e. The summed E-state index contributed by atoms with van der Waals surface area (Å²) in [6.45, 7) is 5.32. The van der Waals surface area contributed by atoms with Gasteiger partial charge in [-0.1, -0.05) is 55.5 Å². The molecule has 0 aliphatic rings. The number of benzene rings is 3. The molecule has 3 N–H and O–H groups in total. The van der Waals surface area contributed by atoms with E-state index in [-0.39, 0.29) is 5.75 Å². The van der Waals surface area contributed by atoms with E-state index in [1.54, 1.807) is 12.1 Å². The maximum absolute atomic E-state index is 9.74. The third kappa shape index (κ3) is 4.44. The van der Waals surface area contributed by atoms with E-state index < -0.39 is 0 Å². The van der Waals surface area contributed by atoms with Crippen molar-refractivity contribution in [2.75, 3.05) is 13.2 Å². The highest BCUT2D eigenvalue weighted by Gasteiger charge is 2.14. The van der Waals surface area contributed by atoms with Gasteiger partial charge in [0.2, 0.25) is 0 Å². The Balaban J connectivity index is 2.17. The van der Waals surface area contributed by atoms with E-state index >= 15 is 0 Å². The first kappa shape index (κ1) is 19.7. The largest absolute Gasteiger partial charge is 0.508 e. The van der Waals surface area contributed by atoms with Crippen molar-refractivity contribution in [2.24, 2.45) is 5.73 Å². The van der Waals surface area contributed by atoms with Gasteiger partial charge in [0.05, 0.1) is 0 Å². The Labute approximate surface area is 167 Å². The fourth-order valence-corrected chi connectivity index (χ4v) is 3.45. The predicted molar refractivity (Wildman–Crippen MR) is 116 cm³/mol. The molecule has 0 atom stereocenters. The summed E-state index contributed by atoms with van der Waals surface area (Å²) in [5.74, 6) is 1.08. The smallest absolute Gasteiger partial charge is 0.119 e. The lowest BCUT2D eigenvalue weighted by atomic mass is 9.86. The second-order valence-electron chi connectivity index (χ2n) is 6.73. The standard InChI is InChI=1S/C25H27NO2/c1-3-23(24-7-5-4-6-18(24)2)25(19-8-12-21(27)13-9-19)20-10-14-22(15-11-20)28-17-16-26/h4-15,27H,3,16-17,26H2,1-2H3. The lowest BCUT2D eigenvalue weighted by Gasteiger charge is -2.18. The van der Waals surface area contributed by atoms with E-state index in [1.165, 1.54) is 22.3 Å². The van der Waals surface area contributed by atoms with Crippen LogP contribution in [0.15, 0.2) is 72.8 Å². The van der Waals surface area contributed by atoms with Gasteiger partial charge >= 0.3 is 0 Å². The Morgan fingerprint density at radius 3 is 2.07 bits per heavy atom. The zero-order valence-corrected chi connectivity index (χ0v) is 16.5. The van der Waals surface area contributed by atoms with Crippen molar-refractivity contribution in [1.29, 1.82) is 0 Å². The summed E-state index contributed by atoms with van der Waals surface area (Å²) in [6, 6.07) is 24.0. The molecule has 3 nitrogen and oxygen atoms in total. The molecular formula is C25H27NO2. The van der Waals surface area contributed by atoms with Crippen LogP contribution in [0.2, 0.25) is 0 Å². The summed E-state index contributed by atoms with van der Waals surface area (Å²) in [4.78, 5) is 0. The summed E-state index contributed by atoms with van der Waals surface area (Å²) in [7, 11) is 0. The van der Waals surface area contributed by atoms with Crippen molar-refractivity contribution in [1.82, 2.24) is 0 Å². The Morgan fingerprint density at radius 1 is 0.893 bits per heavy atom. The monoisotopic (exact) mass is 373 g/mol. The highest BCUT2D eigenvalue weighted by molar-refractivity contribution is 5.99. The van der Waals surface area contributed by atoms with E-state index in [2.05, 4.69) is 50.2 Å². The third-order valence-corrected chi connectivity index (χ3v) is 4.81. The molecule has 0 saturated heterocycles. The van der Waals surface area contributed by atoms with Crippen LogP contribution in [0.1, 0.15) is 35.6 Å². The molecule has 0 aliphatic heterocycles. The Morgan fingerprint density at radius 2 is 1.50 bits per heavy atom. The van der Waals surface area contributed by atoms with Crippen LogP contribution >= 0.6 is 0 Å². The van der Waals surface area contributed by atoms with Gasteiger partial charge in [0, 0.05) is 6.54 Å². The lowest BCUT2D eigenvalue weighted by Crippen LogP contribution is -2.10. The van der Waals surface area contributed by atoms with Gasteiger partial charge < -0.3 is 15.6 Å². The molecule has 3 aromatic rings. The van der Waals surface area contributed by atoms with Gasteiger partial charge in [-0.2, -0.15) is 0 Å². The zero-order chi connectivity index (χ0) is 19.9. The lowest BCUT2D eigenvalue weighted by molar-refractivity contribution is 0.328. The Bertz CT molecular complexity index is 941. The SMILES string of the molecule is CCC(=C(c1ccc(O)cc1)c1ccc(OCCN)cc1)c1ccccc1C. The van der Waals surface area contributed by atoms with E-state index in [9.17, 15) is 5.11 Å². The van der Waals surface area contributed by atoms with Crippen LogP contribution < -0.4 is 10.5 Å². The van der Waals surface area contributed by atoms with Crippen molar-refractivity contribution >= 4 is 11.1 Å². The van der Waals surface area contributed by atoms with Crippen molar-refractivity contribution in [3.63, 3.8) is 0 Å². The normalized spacial score (nSPS) is 11.8. The number of phenolic OH excluding ortho intramolecular Hbond substituents is 1. The molecule has 0 amide bonds. The van der Waals surface area contributed by atoms with E-state index in [0.717, 1.165) is 23.3 Å². The number of aromatic hydroxyl groups is 1. The quantitative estimate of drug-likeness (QED) is 0.545. The van der Waals surface area contributed by atoms with Crippen LogP contribution in [-0.2, 0) is 0 Å². The van der Waals surface area contributed by atoms with Crippen molar-refractivity contribution in [2.45, 2.75) is 20.3 Å². The van der Waals surface area contributed by atoms with Crippen LogP contribution in [0.4, 0.5) is 0 Å². The summed E-state index contributed by atoms with van der Waals surface area (Å²) < 4.78 is 5.63. The van der Waals surface area contributed by atoms with Gasteiger partial charge in [-0.05, 0) is 71.0 Å². The molecule has 0 fully saturated rings. The molecule has 0 radical (unpaired) electrons. The number of phenols is 1. The summed E-state index contributed by atoms with van der Waals surface area (Å²) in [6.07, 6.45) is 0.895. The number of rotatable bonds is 7. The minimum atomic E-state index is 0.266. The topological polar surface area (TPSA) is 55.5 Å². The number of ether oxygens (including phenoxy) is 1. The number of aryl methyl sites for hydroxylation is 1. The van der Waals surface area contributed by atoms with Gasteiger partial charge in [-0.25, -0.2) is 0 Å². The average molecular weight is 373 g/mol. The molecule has 28 heavy (non-hydrogen) atoms. The molecule has 0 heterocycles. The van der Waals surface area contributed by atoms with Gasteiger partial charge in [-0.3, -0.25) is 0 Å². The van der Waals surface area contributed by atoms with Crippen LogP contribution in [-0.4, -0.2) is 18.3 Å². The predicted octanol–water partition coefficient (Wildman–Crippen LogP) is 5.41. The van der Waals surface area contributed by atoms with Crippen LogP contribution in [0, 0.1) is 6.92 Å². The minimum Gasteiger partial charge on any atom is -0.508 e. The molecule has 0 spiro atoms. The van der Waals surface area contributed by atoms with Crippen molar-refractivity contribution in [3.8, 4) is 11.5 Å². The molecule has 3 rings (SSSR count). The van der Waals surface area contributed by atoms with E-state index in [0.29, 0.717) is 13.2 Å². The number of hydrogen-bond donors (Lipinski definition) is 2. The van der Waals surface area contributed by atoms with E-state index in [4.69, 9.17) is 10.5 Å². The van der Waals surface area contributed by atoms with Crippen molar-refractivity contribution < 1.29 is 9.84 Å². The van der Waals surface area contributed by atoms with Crippen LogP contribution in [0.5, 0.6) is 11.5 Å². The molecule has 0 aromatic heterocycles. The second kappa shape index (κ2) is 9.25. The van der Waals surface area contributed by atoms with Gasteiger partial charge in [-0.15, -0.1) is 0 Å². The number of nitrogens with two attached hydrogens (primary N) is 1. The highest BCUT2D eigenvalue weighted by Crippen LogP contribution is 2.36. The molecule has 3 aromatic carbocycles. The summed E-state index contributed by atoms with van der Waals surface area (Å²) >= 11 is 0. The molecule has 0 unspecified atom stereocenters. The second-order valence-corrected chi connectivity index (χ2v) is 6.73. The molecule has 0 saturated carbocycles. The molecular weight excluding hydrogens is 346 g/mol. The van der Waals surface area contributed by atoms with E-state index in [1.807, 2.05) is 24.3 Å². The van der Waals surface area contributed by atoms with Gasteiger partial charge in [0.25, 0.3) is 0 Å². The first-order valence-electron chi connectivity index (χ1n) is 9.66. The fourth-order valence-electron chi connectivity index (χ4n) is 3.45. The number of allylic oxidation sites excluding steroid dienone is 1. The highest BCUT2D eigenvalue weighted by atomic mass is 16.5. The average Bonchev–Trinajstić information content (AvgIpc) is 2.73. The maximum atomic E-state index is 9.74. The zero-order valence-electron chi connectivity index (χ0n) is 16.5. The Kier molecular flexibility index (Phi) is 6.51. The van der Waals surface area contributed by atoms with Crippen molar-refractivity contribution in [3.05, 3.63) is 95.1 Å².